The fourth-order valence-corrected chi connectivity index (χ4v) is 1.45. The fourth-order valence-electron chi connectivity index (χ4n) is 1.45. The molecule has 13 heavy (non-hydrogen) atoms. The normalized spacial score (nSPS) is 21.1. The Bertz CT molecular complexity index is 282. The van der Waals surface area contributed by atoms with Gasteiger partial charge in [-0.25, -0.2) is 0 Å². The van der Waals surface area contributed by atoms with Gasteiger partial charge in [0.05, 0.1) is 6.10 Å². The summed E-state index contributed by atoms with van der Waals surface area (Å²) in [5.74, 6) is 0. The Balaban J connectivity index is 2.01. The molecule has 0 amide bonds. The lowest BCUT2D eigenvalue weighted by Gasteiger charge is -2.14. The van der Waals surface area contributed by atoms with Crippen molar-refractivity contribution in [1.29, 1.82) is 0 Å². The molecule has 1 aromatic rings. The topological polar surface area (TPSA) is 59.1 Å². The number of hydrogen-bond acceptors (Lipinski definition) is 3. The minimum absolute atomic E-state index is 0.0946. The van der Waals surface area contributed by atoms with E-state index in [1.165, 1.54) is 0 Å². The first kappa shape index (κ1) is 8.66. The molecule has 1 aromatic heterocycles. The summed E-state index contributed by atoms with van der Waals surface area (Å²) in [5, 5.41) is 9.79. The third-order valence-electron chi connectivity index (χ3n) is 2.58. The van der Waals surface area contributed by atoms with Crippen molar-refractivity contribution >= 4 is 0 Å². The second kappa shape index (κ2) is 3.09. The number of hydrogen-bond donors (Lipinski definition) is 2. The molecular weight excluding hydrogens is 164 g/mol. The summed E-state index contributed by atoms with van der Waals surface area (Å²) in [6, 6.07) is 3.66. The van der Waals surface area contributed by atoms with Crippen LogP contribution in [-0.4, -0.2) is 15.6 Å². The highest BCUT2D eigenvalue weighted by molar-refractivity contribution is 5.15. The number of pyridine rings is 1. The van der Waals surface area contributed by atoms with E-state index in [2.05, 4.69) is 4.98 Å². The van der Waals surface area contributed by atoms with Crippen LogP contribution in [0.5, 0.6) is 0 Å². The number of aromatic nitrogens is 1. The molecule has 3 heteroatoms. The van der Waals surface area contributed by atoms with Crippen LogP contribution in [0.3, 0.4) is 0 Å². The third kappa shape index (κ3) is 2.05. The van der Waals surface area contributed by atoms with Gasteiger partial charge in [0.1, 0.15) is 0 Å². The molecule has 70 valence electrons. The van der Waals surface area contributed by atoms with Gasteiger partial charge in [0, 0.05) is 17.9 Å². The SMILES string of the molecule is NC1(CC(O)c2ccncc2)CC1. The monoisotopic (exact) mass is 178 g/mol. The first-order valence-electron chi connectivity index (χ1n) is 4.56. The zero-order chi connectivity index (χ0) is 9.31. The van der Waals surface area contributed by atoms with Gasteiger partial charge in [0.15, 0.2) is 0 Å². The van der Waals surface area contributed by atoms with Gasteiger partial charge in [-0.1, -0.05) is 0 Å². The Labute approximate surface area is 77.6 Å². The highest BCUT2D eigenvalue weighted by atomic mass is 16.3. The van der Waals surface area contributed by atoms with Gasteiger partial charge in [-0.2, -0.15) is 0 Å². The Morgan fingerprint density at radius 1 is 1.46 bits per heavy atom. The van der Waals surface area contributed by atoms with E-state index in [0.29, 0.717) is 6.42 Å². The van der Waals surface area contributed by atoms with Crippen molar-refractivity contribution in [1.82, 2.24) is 4.98 Å². The number of aliphatic hydroxyl groups excluding tert-OH is 1. The summed E-state index contributed by atoms with van der Waals surface area (Å²) in [6.07, 6.45) is 5.68. The fraction of sp³-hybridized carbons (Fsp3) is 0.500. The molecule has 1 aliphatic carbocycles. The molecule has 0 radical (unpaired) electrons. The van der Waals surface area contributed by atoms with E-state index in [-0.39, 0.29) is 5.54 Å². The Morgan fingerprint density at radius 2 is 2.08 bits per heavy atom. The zero-order valence-corrected chi connectivity index (χ0v) is 7.48. The van der Waals surface area contributed by atoms with Gasteiger partial charge in [0.25, 0.3) is 0 Å². The molecule has 1 fully saturated rings. The number of rotatable bonds is 3. The molecule has 1 unspecified atom stereocenters. The van der Waals surface area contributed by atoms with Crippen molar-refractivity contribution in [3.05, 3.63) is 30.1 Å². The van der Waals surface area contributed by atoms with Crippen LogP contribution in [0.15, 0.2) is 24.5 Å². The maximum atomic E-state index is 9.79. The molecule has 3 nitrogen and oxygen atoms in total. The van der Waals surface area contributed by atoms with E-state index in [1.807, 2.05) is 12.1 Å². The van der Waals surface area contributed by atoms with Crippen LogP contribution in [0, 0.1) is 0 Å². The van der Waals surface area contributed by atoms with Crippen LogP contribution >= 0.6 is 0 Å². The summed E-state index contributed by atoms with van der Waals surface area (Å²) < 4.78 is 0. The summed E-state index contributed by atoms with van der Waals surface area (Å²) >= 11 is 0. The van der Waals surface area contributed by atoms with Crippen LogP contribution in [0.25, 0.3) is 0 Å². The van der Waals surface area contributed by atoms with Crippen LogP contribution in [-0.2, 0) is 0 Å². The number of aliphatic hydroxyl groups is 1. The molecule has 0 aliphatic heterocycles. The standard InChI is InChI=1S/C10H14N2O/c11-10(3-4-10)7-9(13)8-1-5-12-6-2-8/h1-2,5-6,9,13H,3-4,7,11H2. The summed E-state index contributed by atoms with van der Waals surface area (Å²) in [4.78, 5) is 3.90. The minimum atomic E-state index is -0.435. The van der Waals surface area contributed by atoms with Crippen molar-refractivity contribution in [3.8, 4) is 0 Å². The largest absolute Gasteiger partial charge is 0.388 e. The molecule has 0 bridgehead atoms. The molecule has 0 aromatic carbocycles. The van der Waals surface area contributed by atoms with Crippen LogP contribution in [0.2, 0.25) is 0 Å². The van der Waals surface area contributed by atoms with Crippen molar-refractivity contribution in [2.75, 3.05) is 0 Å². The summed E-state index contributed by atoms with van der Waals surface area (Å²) in [5.41, 5.74) is 6.72. The zero-order valence-electron chi connectivity index (χ0n) is 7.48. The molecule has 1 heterocycles. The van der Waals surface area contributed by atoms with Crippen molar-refractivity contribution in [2.45, 2.75) is 30.9 Å². The molecule has 2 rings (SSSR count). The van der Waals surface area contributed by atoms with E-state index in [9.17, 15) is 5.11 Å². The lowest BCUT2D eigenvalue weighted by Crippen LogP contribution is -2.24. The Morgan fingerprint density at radius 3 is 2.62 bits per heavy atom. The highest BCUT2D eigenvalue weighted by Gasteiger charge is 2.39. The maximum absolute atomic E-state index is 9.79. The molecule has 3 N–H and O–H groups in total. The predicted molar refractivity (Wildman–Crippen MR) is 50.0 cm³/mol. The van der Waals surface area contributed by atoms with Crippen molar-refractivity contribution in [2.24, 2.45) is 5.73 Å². The van der Waals surface area contributed by atoms with Crippen molar-refractivity contribution < 1.29 is 5.11 Å². The first-order valence-corrected chi connectivity index (χ1v) is 4.56. The van der Waals surface area contributed by atoms with Crippen LogP contribution in [0.1, 0.15) is 30.9 Å². The first-order chi connectivity index (χ1) is 6.20. The minimum Gasteiger partial charge on any atom is -0.388 e. The van der Waals surface area contributed by atoms with Gasteiger partial charge in [-0.15, -0.1) is 0 Å². The second-order valence-electron chi connectivity index (χ2n) is 3.86. The van der Waals surface area contributed by atoms with Gasteiger partial charge in [-0.05, 0) is 37.0 Å². The van der Waals surface area contributed by atoms with E-state index in [4.69, 9.17) is 5.73 Å². The summed E-state index contributed by atoms with van der Waals surface area (Å²) in [7, 11) is 0. The summed E-state index contributed by atoms with van der Waals surface area (Å²) in [6.45, 7) is 0. The maximum Gasteiger partial charge on any atom is 0.0808 e. The van der Waals surface area contributed by atoms with E-state index in [0.717, 1.165) is 18.4 Å². The van der Waals surface area contributed by atoms with Crippen molar-refractivity contribution in [3.63, 3.8) is 0 Å². The number of nitrogens with two attached hydrogens (primary N) is 1. The smallest absolute Gasteiger partial charge is 0.0808 e. The average molecular weight is 178 g/mol. The Kier molecular flexibility index (Phi) is 2.06. The van der Waals surface area contributed by atoms with E-state index >= 15 is 0 Å². The molecule has 0 spiro atoms. The molecular formula is C10H14N2O. The second-order valence-corrected chi connectivity index (χ2v) is 3.86. The third-order valence-corrected chi connectivity index (χ3v) is 2.58. The Hall–Kier alpha value is -0.930. The van der Waals surface area contributed by atoms with E-state index in [1.54, 1.807) is 12.4 Å². The molecule has 1 atom stereocenters. The molecule has 0 saturated heterocycles. The van der Waals surface area contributed by atoms with Crippen LogP contribution in [0.4, 0.5) is 0 Å². The highest BCUT2D eigenvalue weighted by Crippen LogP contribution is 2.39. The predicted octanol–water partition coefficient (Wildman–Crippen LogP) is 0.996. The number of nitrogens with zero attached hydrogens (tertiary/aromatic N) is 1. The molecule has 1 aliphatic rings. The lowest BCUT2D eigenvalue weighted by atomic mass is 10.0. The van der Waals surface area contributed by atoms with Gasteiger partial charge in [0.2, 0.25) is 0 Å². The van der Waals surface area contributed by atoms with Gasteiger partial charge < -0.3 is 10.8 Å². The molecule has 1 saturated carbocycles. The van der Waals surface area contributed by atoms with Gasteiger partial charge >= 0.3 is 0 Å². The van der Waals surface area contributed by atoms with Gasteiger partial charge in [-0.3, -0.25) is 4.98 Å². The average Bonchev–Trinajstić information content (AvgIpc) is 2.85. The quantitative estimate of drug-likeness (QED) is 0.725. The van der Waals surface area contributed by atoms with Crippen LogP contribution < -0.4 is 5.73 Å². The van der Waals surface area contributed by atoms with E-state index < -0.39 is 6.10 Å². The lowest BCUT2D eigenvalue weighted by molar-refractivity contribution is 0.154.